The standard InChI is InChI=1S/C11H10ClNO5/c12-9-5-17-6-10(9)18-11(14)7-1-3-8(4-2-7)13(15)16/h1-4,9-10H,5-6H2. The number of carbonyl (C=O) groups excluding carboxylic acids is 1. The van der Waals surface area contributed by atoms with E-state index in [4.69, 9.17) is 21.1 Å². The first-order chi connectivity index (χ1) is 8.58. The van der Waals surface area contributed by atoms with Crippen molar-refractivity contribution in [2.75, 3.05) is 13.2 Å². The van der Waals surface area contributed by atoms with E-state index in [0.29, 0.717) is 6.61 Å². The Kier molecular flexibility index (Phi) is 3.78. The number of ether oxygens (including phenoxy) is 2. The Balaban J connectivity index is 2.02. The monoisotopic (exact) mass is 271 g/mol. The molecule has 1 saturated heterocycles. The van der Waals surface area contributed by atoms with Crippen molar-refractivity contribution in [3.8, 4) is 0 Å². The van der Waals surface area contributed by atoms with Crippen LogP contribution in [0, 0.1) is 10.1 Å². The molecule has 1 heterocycles. The van der Waals surface area contributed by atoms with Gasteiger partial charge >= 0.3 is 5.97 Å². The third-order valence-electron chi connectivity index (χ3n) is 2.53. The molecular weight excluding hydrogens is 262 g/mol. The normalized spacial score (nSPS) is 22.7. The third kappa shape index (κ3) is 2.77. The first-order valence-electron chi connectivity index (χ1n) is 5.25. The lowest BCUT2D eigenvalue weighted by Crippen LogP contribution is -2.26. The molecule has 0 aliphatic carbocycles. The molecule has 1 aliphatic rings. The molecule has 0 radical (unpaired) electrons. The average Bonchev–Trinajstić information content (AvgIpc) is 2.75. The van der Waals surface area contributed by atoms with Crippen molar-refractivity contribution in [2.45, 2.75) is 11.5 Å². The van der Waals surface area contributed by atoms with Crippen LogP contribution in [0.25, 0.3) is 0 Å². The highest BCUT2D eigenvalue weighted by molar-refractivity contribution is 6.21. The summed E-state index contributed by atoms with van der Waals surface area (Å²) in [6.45, 7) is 0.618. The summed E-state index contributed by atoms with van der Waals surface area (Å²) in [4.78, 5) is 21.6. The number of rotatable bonds is 3. The largest absolute Gasteiger partial charge is 0.455 e. The zero-order chi connectivity index (χ0) is 13.1. The number of benzene rings is 1. The number of carbonyl (C=O) groups is 1. The quantitative estimate of drug-likeness (QED) is 0.362. The van der Waals surface area contributed by atoms with Crippen molar-refractivity contribution in [2.24, 2.45) is 0 Å². The second-order valence-electron chi connectivity index (χ2n) is 3.80. The zero-order valence-electron chi connectivity index (χ0n) is 9.24. The van der Waals surface area contributed by atoms with Gasteiger partial charge in [-0.05, 0) is 12.1 Å². The van der Waals surface area contributed by atoms with Crippen LogP contribution in [0.4, 0.5) is 5.69 Å². The summed E-state index contributed by atoms with van der Waals surface area (Å²) < 4.78 is 10.2. The minimum atomic E-state index is -0.564. The number of hydrogen-bond acceptors (Lipinski definition) is 5. The molecule has 0 amide bonds. The van der Waals surface area contributed by atoms with E-state index in [-0.39, 0.29) is 23.2 Å². The first kappa shape index (κ1) is 12.8. The average molecular weight is 272 g/mol. The van der Waals surface area contributed by atoms with Gasteiger partial charge in [-0.3, -0.25) is 10.1 Å². The van der Waals surface area contributed by atoms with Crippen LogP contribution in [0.3, 0.4) is 0 Å². The minimum Gasteiger partial charge on any atom is -0.455 e. The van der Waals surface area contributed by atoms with Crippen LogP contribution in [0.15, 0.2) is 24.3 Å². The van der Waals surface area contributed by atoms with Gasteiger partial charge in [0.15, 0.2) is 0 Å². The summed E-state index contributed by atoms with van der Waals surface area (Å²) in [5.41, 5.74) is 0.169. The van der Waals surface area contributed by atoms with Crippen molar-refractivity contribution in [1.82, 2.24) is 0 Å². The second kappa shape index (κ2) is 5.32. The maximum absolute atomic E-state index is 11.7. The molecule has 0 bridgehead atoms. The molecule has 0 spiro atoms. The highest BCUT2D eigenvalue weighted by Crippen LogP contribution is 2.18. The molecule has 2 rings (SSSR count). The van der Waals surface area contributed by atoms with Crippen LogP contribution in [0.2, 0.25) is 0 Å². The lowest BCUT2D eigenvalue weighted by molar-refractivity contribution is -0.384. The zero-order valence-corrected chi connectivity index (χ0v) is 10.0. The van der Waals surface area contributed by atoms with Gasteiger partial charge in [0.1, 0.15) is 6.10 Å². The number of nitro groups is 1. The van der Waals surface area contributed by atoms with Gasteiger partial charge in [-0.15, -0.1) is 11.6 Å². The minimum absolute atomic E-state index is 0.0778. The summed E-state index contributed by atoms with van der Waals surface area (Å²) in [5.74, 6) is -0.564. The van der Waals surface area contributed by atoms with Crippen molar-refractivity contribution < 1.29 is 19.2 Å². The van der Waals surface area contributed by atoms with Gasteiger partial charge in [-0.25, -0.2) is 4.79 Å². The number of esters is 1. The lowest BCUT2D eigenvalue weighted by Gasteiger charge is -2.12. The van der Waals surface area contributed by atoms with Crippen LogP contribution < -0.4 is 0 Å². The van der Waals surface area contributed by atoms with Crippen LogP contribution in [0.5, 0.6) is 0 Å². The van der Waals surface area contributed by atoms with Crippen LogP contribution in [-0.2, 0) is 9.47 Å². The van der Waals surface area contributed by atoms with E-state index in [0.717, 1.165) is 0 Å². The van der Waals surface area contributed by atoms with Crippen LogP contribution in [-0.4, -0.2) is 35.6 Å². The predicted octanol–water partition coefficient (Wildman–Crippen LogP) is 1.76. The van der Waals surface area contributed by atoms with E-state index in [2.05, 4.69) is 0 Å². The van der Waals surface area contributed by atoms with Crippen molar-refractivity contribution in [1.29, 1.82) is 0 Å². The van der Waals surface area contributed by atoms with Crippen molar-refractivity contribution in [3.05, 3.63) is 39.9 Å². The number of nitro benzene ring substituents is 1. The molecule has 1 fully saturated rings. The number of alkyl halides is 1. The fourth-order valence-electron chi connectivity index (χ4n) is 1.54. The highest BCUT2D eigenvalue weighted by atomic mass is 35.5. The van der Waals surface area contributed by atoms with Gasteiger partial charge in [0, 0.05) is 12.1 Å². The molecule has 96 valence electrons. The van der Waals surface area contributed by atoms with E-state index >= 15 is 0 Å². The molecule has 2 unspecified atom stereocenters. The maximum atomic E-state index is 11.7. The molecule has 18 heavy (non-hydrogen) atoms. The van der Waals surface area contributed by atoms with Crippen molar-refractivity contribution in [3.63, 3.8) is 0 Å². The van der Waals surface area contributed by atoms with Gasteiger partial charge in [0.05, 0.1) is 29.1 Å². The SMILES string of the molecule is O=C(OC1COCC1Cl)c1ccc([N+](=O)[O-])cc1. The molecular formula is C11H10ClNO5. The summed E-state index contributed by atoms with van der Waals surface area (Å²) >= 11 is 5.89. The third-order valence-corrected chi connectivity index (χ3v) is 2.94. The van der Waals surface area contributed by atoms with E-state index in [1.807, 2.05) is 0 Å². The second-order valence-corrected chi connectivity index (χ2v) is 4.36. The van der Waals surface area contributed by atoms with E-state index < -0.39 is 17.0 Å². The van der Waals surface area contributed by atoms with Crippen LogP contribution >= 0.6 is 11.6 Å². The van der Waals surface area contributed by atoms with Gasteiger partial charge in [0.2, 0.25) is 0 Å². The summed E-state index contributed by atoms with van der Waals surface area (Å²) in [7, 11) is 0. The predicted molar refractivity (Wildman–Crippen MR) is 62.8 cm³/mol. The summed E-state index contributed by atoms with van der Waals surface area (Å²) in [5, 5.41) is 10.1. The smallest absolute Gasteiger partial charge is 0.338 e. The molecule has 6 nitrogen and oxygen atoms in total. The summed E-state index contributed by atoms with van der Waals surface area (Å²) in [6.07, 6.45) is -0.477. The fraction of sp³-hybridized carbons (Fsp3) is 0.364. The topological polar surface area (TPSA) is 78.7 Å². The van der Waals surface area contributed by atoms with Crippen LogP contribution in [0.1, 0.15) is 10.4 Å². The molecule has 0 aromatic heterocycles. The Morgan fingerprint density at radius 1 is 1.39 bits per heavy atom. The molecule has 1 aliphatic heterocycles. The van der Waals surface area contributed by atoms with E-state index in [9.17, 15) is 14.9 Å². The Morgan fingerprint density at radius 3 is 2.56 bits per heavy atom. The van der Waals surface area contributed by atoms with Gasteiger partial charge < -0.3 is 9.47 Å². The van der Waals surface area contributed by atoms with Gasteiger partial charge in [-0.2, -0.15) is 0 Å². The number of non-ortho nitro benzene ring substituents is 1. The van der Waals surface area contributed by atoms with E-state index in [1.54, 1.807) is 0 Å². The number of hydrogen-bond donors (Lipinski definition) is 0. The number of nitrogens with zero attached hydrogens (tertiary/aromatic N) is 1. The molecule has 1 aromatic rings. The first-order valence-corrected chi connectivity index (χ1v) is 5.69. The molecule has 2 atom stereocenters. The molecule has 1 aromatic carbocycles. The van der Waals surface area contributed by atoms with E-state index in [1.165, 1.54) is 24.3 Å². The highest BCUT2D eigenvalue weighted by Gasteiger charge is 2.30. The molecule has 7 heteroatoms. The van der Waals surface area contributed by atoms with Gasteiger partial charge in [-0.1, -0.05) is 0 Å². The Morgan fingerprint density at radius 2 is 2.06 bits per heavy atom. The molecule has 0 saturated carbocycles. The fourth-order valence-corrected chi connectivity index (χ4v) is 1.75. The summed E-state index contributed by atoms with van der Waals surface area (Å²) in [6, 6.07) is 5.19. The lowest BCUT2D eigenvalue weighted by atomic mass is 10.2. The van der Waals surface area contributed by atoms with Crippen molar-refractivity contribution >= 4 is 23.3 Å². The van der Waals surface area contributed by atoms with Gasteiger partial charge in [0.25, 0.3) is 5.69 Å². The maximum Gasteiger partial charge on any atom is 0.338 e. The Hall–Kier alpha value is -1.66. The Bertz CT molecular complexity index is 461. The Labute approximate surface area is 108 Å². The molecule has 0 N–H and O–H groups in total. The number of halogens is 1.